The van der Waals surface area contributed by atoms with E-state index < -0.39 is 0 Å². The van der Waals surface area contributed by atoms with E-state index in [2.05, 4.69) is 5.32 Å². The third-order valence-corrected chi connectivity index (χ3v) is 1.95. The number of hydrogen-bond acceptors (Lipinski definition) is 2. The summed E-state index contributed by atoms with van der Waals surface area (Å²) >= 11 is 0. The van der Waals surface area contributed by atoms with E-state index in [-0.39, 0.29) is 5.82 Å². The maximum Gasteiger partial charge on any atom is 0.125 e. The second-order valence-electron chi connectivity index (χ2n) is 3.15. The fourth-order valence-corrected chi connectivity index (χ4v) is 1.11. The lowest BCUT2D eigenvalue weighted by molar-refractivity contribution is 0.628. The zero-order chi connectivity index (χ0) is 8.55. The summed E-state index contributed by atoms with van der Waals surface area (Å²) in [6, 6.07) is 4.99. The van der Waals surface area contributed by atoms with Crippen LogP contribution in [0.15, 0.2) is 18.2 Å². The van der Waals surface area contributed by atoms with Gasteiger partial charge in [-0.2, -0.15) is 0 Å². The van der Waals surface area contributed by atoms with Gasteiger partial charge >= 0.3 is 0 Å². The van der Waals surface area contributed by atoms with Crippen molar-refractivity contribution >= 4 is 11.4 Å². The van der Waals surface area contributed by atoms with Crippen molar-refractivity contribution in [2.45, 2.75) is 18.9 Å². The van der Waals surface area contributed by atoms with E-state index in [4.69, 9.17) is 5.73 Å². The van der Waals surface area contributed by atoms with Crippen molar-refractivity contribution in [2.75, 3.05) is 11.1 Å². The van der Waals surface area contributed by atoms with Crippen LogP contribution < -0.4 is 11.1 Å². The van der Waals surface area contributed by atoms with Crippen molar-refractivity contribution in [2.24, 2.45) is 0 Å². The molecule has 0 spiro atoms. The first-order valence-electron chi connectivity index (χ1n) is 4.07. The number of nitrogens with one attached hydrogen (secondary N) is 1. The molecule has 0 aromatic heterocycles. The van der Waals surface area contributed by atoms with Crippen LogP contribution in [0.25, 0.3) is 0 Å². The van der Waals surface area contributed by atoms with Gasteiger partial charge in [0.2, 0.25) is 0 Å². The highest BCUT2D eigenvalue weighted by Gasteiger charge is 2.21. The Balaban J connectivity index is 2.18. The molecule has 64 valence electrons. The highest BCUT2D eigenvalue weighted by Crippen LogP contribution is 2.28. The Bertz CT molecular complexity index is 295. The van der Waals surface area contributed by atoms with Crippen LogP contribution in [0, 0.1) is 5.82 Å². The summed E-state index contributed by atoms with van der Waals surface area (Å²) in [4.78, 5) is 0. The molecular formula is C9H11FN2. The van der Waals surface area contributed by atoms with Crippen LogP contribution in [-0.4, -0.2) is 6.04 Å². The third kappa shape index (κ3) is 1.49. The van der Waals surface area contributed by atoms with Crippen LogP contribution in [0.4, 0.5) is 15.8 Å². The SMILES string of the molecule is Nc1cc(F)ccc1NC1CC1. The van der Waals surface area contributed by atoms with Crippen LogP contribution in [0.1, 0.15) is 12.8 Å². The maximum absolute atomic E-state index is 12.6. The number of nitrogen functional groups attached to an aromatic ring is 1. The summed E-state index contributed by atoms with van der Waals surface area (Å²) in [5, 5.41) is 3.22. The first-order chi connectivity index (χ1) is 5.75. The third-order valence-electron chi connectivity index (χ3n) is 1.95. The monoisotopic (exact) mass is 166 g/mol. The molecule has 3 heteroatoms. The molecule has 0 saturated heterocycles. The summed E-state index contributed by atoms with van der Waals surface area (Å²) in [6.45, 7) is 0. The molecule has 3 N–H and O–H groups in total. The van der Waals surface area contributed by atoms with Gasteiger partial charge in [-0.05, 0) is 31.0 Å². The lowest BCUT2D eigenvalue weighted by Gasteiger charge is -2.06. The molecule has 0 unspecified atom stereocenters. The normalized spacial score (nSPS) is 16.1. The van der Waals surface area contributed by atoms with Crippen molar-refractivity contribution in [1.82, 2.24) is 0 Å². The summed E-state index contributed by atoms with van der Waals surface area (Å²) in [6.07, 6.45) is 2.38. The van der Waals surface area contributed by atoms with Gasteiger partial charge in [0.05, 0.1) is 11.4 Å². The molecule has 1 aliphatic carbocycles. The maximum atomic E-state index is 12.6. The first-order valence-corrected chi connectivity index (χ1v) is 4.07. The molecule has 2 nitrogen and oxygen atoms in total. The van der Waals surface area contributed by atoms with Gasteiger partial charge in [0.25, 0.3) is 0 Å². The topological polar surface area (TPSA) is 38.0 Å². The van der Waals surface area contributed by atoms with E-state index in [0.29, 0.717) is 11.7 Å². The fourth-order valence-electron chi connectivity index (χ4n) is 1.11. The minimum atomic E-state index is -0.283. The molecule has 0 aliphatic heterocycles. The second-order valence-corrected chi connectivity index (χ2v) is 3.15. The highest BCUT2D eigenvalue weighted by molar-refractivity contribution is 5.66. The van der Waals surface area contributed by atoms with E-state index in [0.717, 1.165) is 5.69 Å². The summed E-state index contributed by atoms with van der Waals surface area (Å²) in [7, 11) is 0. The Hall–Kier alpha value is -1.25. The van der Waals surface area contributed by atoms with E-state index in [1.165, 1.54) is 25.0 Å². The molecule has 0 radical (unpaired) electrons. The van der Waals surface area contributed by atoms with Crippen molar-refractivity contribution < 1.29 is 4.39 Å². The first kappa shape index (κ1) is 7.40. The molecule has 12 heavy (non-hydrogen) atoms. The molecule has 1 aliphatic rings. The Morgan fingerprint density at radius 3 is 2.75 bits per heavy atom. The van der Waals surface area contributed by atoms with E-state index in [1.54, 1.807) is 6.07 Å². The van der Waals surface area contributed by atoms with Crippen LogP contribution in [0.5, 0.6) is 0 Å². The Labute approximate surface area is 70.6 Å². The zero-order valence-electron chi connectivity index (χ0n) is 6.68. The van der Waals surface area contributed by atoms with E-state index in [9.17, 15) is 4.39 Å². The van der Waals surface area contributed by atoms with Gasteiger partial charge in [-0.15, -0.1) is 0 Å². The standard InChI is InChI=1S/C9H11FN2/c10-6-1-4-9(8(11)5-6)12-7-2-3-7/h1,4-5,7,12H,2-3,11H2. The molecule has 2 rings (SSSR count). The summed E-state index contributed by atoms with van der Waals surface area (Å²) in [5.41, 5.74) is 6.93. The van der Waals surface area contributed by atoms with Gasteiger partial charge in [-0.25, -0.2) is 4.39 Å². The van der Waals surface area contributed by atoms with Crippen molar-refractivity contribution in [3.05, 3.63) is 24.0 Å². The lowest BCUT2D eigenvalue weighted by Crippen LogP contribution is -2.03. The average Bonchev–Trinajstić information content (AvgIpc) is 2.79. The van der Waals surface area contributed by atoms with E-state index in [1.807, 2.05) is 0 Å². The van der Waals surface area contributed by atoms with Crippen molar-refractivity contribution in [3.63, 3.8) is 0 Å². The molecule has 0 bridgehead atoms. The largest absolute Gasteiger partial charge is 0.397 e. The van der Waals surface area contributed by atoms with Crippen molar-refractivity contribution in [1.29, 1.82) is 0 Å². The second kappa shape index (κ2) is 2.66. The predicted molar refractivity (Wildman–Crippen MR) is 47.5 cm³/mol. The zero-order valence-corrected chi connectivity index (χ0v) is 6.68. The Kier molecular flexibility index (Phi) is 1.64. The van der Waals surface area contributed by atoms with Gasteiger partial charge in [0.15, 0.2) is 0 Å². The molecule has 1 aromatic carbocycles. The van der Waals surface area contributed by atoms with Gasteiger partial charge < -0.3 is 11.1 Å². The van der Waals surface area contributed by atoms with Gasteiger partial charge in [-0.1, -0.05) is 0 Å². The molecule has 1 saturated carbocycles. The minimum Gasteiger partial charge on any atom is -0.397 e. The van der Waals surface area contributed by atoms with Crippen LogP contribution in [-0.2, 0) is 0 Å². The van der Waals surface area contributed by atoms with Crippen LogP contribution >= 0.6 is 0 Å². The quantitative estimate of drug-likeness (QED) is 0.659. The smallest absolute Gasteiger partial charge is 0.125 e. The number of nitrogens with two attached hydrogens (primary N) is 1. The molecule has 1 aromatic rings. The number of anilines is 2. The molecular weight excluding hydrogens is 155 g/mol. The Morgan fingerprint density at radius 2 is 2.17 bits per heavy atom. The summed E-state index contributed by atoms with van der Waals surface area (Å²) in [5.74, 6) is -0.283. The van der Waals surface area contributed by atoms with Crippen molar-refractivity contribution in [3.8, 4) is 0 Å². The number of halogens is 1. The number of rotatable bonds is 2. The van der Waals surface area contributed by atoms with Gasteiger partial charge in [0, 0.05) is 6.04 Å². The predicted octanol–water partition coefficient (Wildman–Crippen LogP) is 1.98. The summed E-state index contributed by atoms with van der Waals surface area (Å²) < 4.78 is 12.6. The number of hydrogen-bond donors (Lipinski definition) is 2. The van der Waals surface area contributed by atoms with Crippen LogP contribution in [0.2, 0.25) is 0 Å². The lowest BCUT2D eigenvalue weighted by atomic mass is 10.2. The molecule has 1 fully saturated rings. The highest BCUT2D eigenvalue weighted by atomic mass is 19.1. The minimum absolute atomic E-state index is 0.283. The van der Waals surface area contributed by atoms with Gasteiger partial charge in [0.1, 0.15) is 5.82 Å². The van der Waals surface area contributed by atoms with E-state index >= 15 is 0 Å². The number of benzene rings is 1. The molecule has 0 amide bonds. The fraction of sp³-hybridized carbons (Fsp3) is 0.333. The Morgan fingerprint density at radius 1 is 1.42 bits per heavy atom. The molecule has 0 atom stereocenters. The molecule has 0 heterocycles. The van der Waals surface area contributed by atoms with Gasteiger partial charge in [-0.3, -0.25) is 0 Å². The average molecular weight is 166 g/mol. The van der Waals surface area contributed by atoms with Crippen LogP contribution in [0.3, 0.4) is 0 Å².